The SMILES string of the molecule is CCSc1ccc(C(=O)N2CCN(c3nc4c(Cl)cccc4s3)CC2)cc1. The Morgan fingerprint density at radius 3 is 2.56 bits per heavy atom. The molecule has 1 saturated heterocycles. The van der Waals surface area contributed by atoms with E-state index in [1.54, 1.807) is 23.1 Å². The van der Waals surface area contributed by atoms with Gasteiger partial charge in [-0.1, -0.05) is 35.9 Å². The lowest BCUT2D eigenvalue weighted by Gasteiger charge is -2.34. The van der Waals surface area contributed by atoms with Crippen LogP contribution in [0.4, 0.5) is 5.13 Å². The molecule has 7 heteroatoms. The van der Waals surface area contributed by atoms with Gasteiger partial charge < -0.3 is 9.80 Å². The van der Waals surface area contributed by atoms with E-state index in [0.717, 1.165) is 39.8 Å². The second-order valence-electron chi connectivity index (χ2n) is 6.32. The van der Waals surface area contributed by atoms with E-state index in [2.05, 4.69) is 11.8 Å². The summed E-state index contributed by atoms with van der Waals surface area (Å²) < 4.78 is 1.10. The molecule has 4 nitrogen and oxygen atoms in total. The Bertz CT molecular complexity index is 950. The Kier molecular flexibility index (Phi) is 5.57. The number of piperazine rings is 1. The molecular formula is C20H20ClN3OS2. The van der Waals surface area contributed by atoms with E-state index in [4.69, 9.17) is 16.6 Å². The van der Waals surface area contributed by atoms with Crippen molar-refractivity contribution in [1.82, 2.24) is 9.88 Å². The minimum Gasteiger partial charge on any atom is -0.345 e. The topological polar surface area (TPSA) is 36.4 Å². The highest BCUT2D eigenvalue weighted by atomic mass is 35.5. The maximum absolute atomic E-state index is 12.8. The second-order valence-corrected chi connectivity index (χ2v) is 9.07. The normalized spacial score (nSPS) is 14.7. The number of aromatic nitrogens is 1. The number of carbonyl (C=O) groups is 1. The average Bonchev–Trinajstić information content (AvgIpc) is 3.14. The minimum atomic E-state index is 0.107. The van der Waals surface area contributed by atoms with E-state index in [0.29, 0.717) is 18.1 Å². The maximum Gasteiger partial charge on any atom is 0.253 e. The van der Waals surface area contributed by atoms with Crippen molar-refractivity contribution >= 4 is 56.0 Å². The van der Waals surface area contributed by atoms with Crippen LogP contribution >= 0.6 is 34.7 Å². The van der Waals surface area contributed by atoms with Crippen molar-refractivity contribution < 1.29 is 4.79 Å². The number of fused-ring (bicyclic) bond motifs is 1. The number of benzene rings is 2. The van der Waals surface area contributed by atoms with Crippen LogP contribution in [-0.4, -0.2) is 47.7 Å². The molecule has 0 unspecified atom stereocenters. The minimum absolute atomic E-state index is 0.107. The van der Waals surface area contributed by atoms with E-state index in [1.807, 2.05) is 47.4 Å². The summed E-state index contributed by atoms with van der Waals surface area (Å²) in [5, 5.41) is 1.67. The van der Waals surface area contributed by atoms with Crippen LogP contribution in [0.5, 0.6) is 0 Å². The molecule has 0 N–H and O–H groups in total. The number of hydrogen-bond acceptors (Lipinski definition) is 5. The molecule has 1 aliphatic rings. The van der Waals surface area contributed by atoms with Crippen LogP contribution < -0.4 is 4.90 Å². The predicted molar refractivity (Wildman–Crippen MR) is 116 cm³/mol. The van der Waals surface area contributed by atoms with Gasteiger partial charge in [0.2, 0.25) is 0 Å². The number of nitrogens with zero attached hydrogens (tertiary/aromatic N) is 3. The third kappa shape index (κ3) is 3.93. The molecule has 1 amide bonds. The lowest BCUT2D eigenvalue weighted by molar-refractivity contribution is 0.0746. The Morgan fingerprint density at radius 2 is 1.89 bits per heavy atom. The fourth-order valence-electron chi connectivity index (χ4n) is 3.18. The third-order valence-electron chi connectivity index (χ3n) is 4.61. The molecular weight excluding hydrogens is 398 g/mol. The van der Waals surface area contributed by atoms with Gasteiger partial charge in [-0.25, -0.2) is 4.98 Å². The van der Waals surface area contributed by atoms with Gasteiger partial charge in [0.15, 0.2) is 5.13 Å². The van der Waals surface area contributed by atoms with E-state index in [1.165, 1.54) is 4.90 Å². The van der Waals surface area contributed by atoms with Gasteiger partial charge in [-0.15, -0.1) is 11.8 Å². The first-order valence-corrected chi connectivity index (χ1v) is 11.2. The van der Waals surface area contributed by atoms with Crippen molar-refractivity contribution in [2.45, 2.75) is 11.8 Å². The van der Waals surface area contributed by atoms with Gasteiger partial charge in [0.1, 0.15) is 5.52 Å². The first-order chi connectivity index (χ1) is 13.2. The molecule has 1 fully saturated rings. The maximum atomic E-state index is 12.8. The summed E-state index contributed by atoms with van der Waals surface area (Å²) >= 11 is 9.68. The quantitative estimate of drug-likeness (QED) is 0.558. The average molecular weight is 418 g/mol. The van der Waals surface area contributed by atoms with Crippen LogP contribution in [0.3, 0.4) is 0 Å². The van der Waals surface area contributed by atoms with Gasteiger partial charge in [0, 0.05) is 36.6 Å². The number of thioether (sulfide) groups is 1. The number of hydrogen-bond donors (Lipinski definition) is 0. The molecule has 0 radical (unpaired) electrons. The number of carbonyl (C=O) groups excluding carboxylic acids is 1. The Balaban J connectivity index is 1.41. The van der Waals surface area contributed by atoms with E-state index in [-0.39, 0.29) is 5.91 Å². The number of thiazole rings is 1. The number of amides is 1. The van der Waals surface area contributed by atoms with Crippen molar-refractivity contribution in [1.29, 1.82) is 0 Å². The zero-order valence-corrected chi connectivity index (χ0v) is 17.4. The summed E-state index contributed by atoms with van der Waals surface area (Å²) in [7, 11) is 0. The van der Waals surface area contributed by atoms with Crippen molar-refractivity contribution in [3.05, 3.63) is 53.1 Å². The van der Waals surface area contributed by atoms with Gasteiger partial charge in [0.25, 0.3) is 5.91 Å². The van der Waals surface area contributed by atoms with E-state index in [9.17, 15) is 4.79 Å². The Labute approximate surface area is 172 Å². The van der Waals surface area contributed by atoms with Gasteiger partial charge in [-0.05, 0) is 42.2 Å². The molecule has 0 spiro atoms. The van der Waals surface area contributed by atoms with Crippen molar-refractivity contribution in [3.8, 4) is 0 Å². The second kappa shape index (κ2) is 8.09. The van der Waals surface area contributed by atoms with Gasteiger partial charge in [-0.3, -0.25) is 4.79 Å². The fraction of sp³-hybridized carbons (Fsp3) is 0.300. The molecule has 4 rings (SSSR count). The number of anilines is 1. The first kappa shape index (κ1) is 18.6. The van der Waals surface area contributed by atoms with Crippen LogP contribution in [-0.2, 0) is 0 Å². The molecule has 3 aromatic rings. The van der Waals surface area contributed by atoms with Crippen LogP contribution in [0.2, 0.25) is 5.02 Å². The third-order valence-corrected chi connectivity index (χ3v) is 6.89. The number of para-hydroxylation sites is 1. The van der Waals surface area contributed by atoms with Crippen molar-refractivity contribution in [2.24, 2.45) is 0 Å². The summed E-state index contributed by atoms with van der Waals surface area (Å²) in [6.07, 6.45) is 0. The Hall–Kier alpha value is -1.76. The lowest BCUT2D eigenvalue weighted by atomic mass is 10.2. The molecule has 27 heavy (non-hydrogen) atoms. The first-order valence-electron chi connectivity index (χ1n) is 8.98. The van der Waals surface area contributed by atoms with Crippen LogP contribution in [0.1, 0.15) is 17.3 Å². The molecule has 0 bridgehead atoms. The van der Waals surface area contributed by atoms with E-state index >= 15 is 0 Å². The summed E-state index contributed by atoms with van der Waals surface area (Å²) in [4.78, 5) is 22.8. The van der Waals surface area contributed by atoms with E-state index < -0.39 is 0 Å². The highest BCUT2D eigenvalue weighted by Gasteiger charge is 2.24. The zero-order chi connectivity index (χ0) is 18.8. The van der Waals surface area contributed by atoms with Gasteiger partial charge >= 0.3 is 0 Å². The summed E-state index contributed by atoms with van der Waals surface area (Å²) in [6.45, 7) is 5.10. The molecule has 2 aromatic carbocycles. The van der Waals surface area contributed by atoms with Crippen molar-refractivity contribution in [3.63, 3.8) is 0 Å². The standard InChI is InChI=1S/C20H20ClN3OS2/c1-2-26-15-8-6-14(7-9-15)19(25)23-10-12-24(13-11-23)20-22-18-16(21)4-3-5-17(18)27-20/h3-9H,2,10-13H2,1H3. The molecule has 0 atom stereocenters. The summed E-state index contributed by atoms with van der Waals surface area (Å²) in [6, 6.07) is 13.8. The number of rotatable bonds is 4. The van der Waals surface area contributed by atoms with Gasteiger partial charge in [0.05, 0.1) is 9.72 Å². The lowest BCUT2D eigenvalue weighted by Crippen LogP contribution is -2.48. The number of halogens is 1. The monoisotopic (exact) mass is 417 g/mol. The van der Waals surface area contributed by atoms with Gasteiger partial charge in [-0.2, -0.15) is 0 Å². The molecule has 1 aliphatic heterocycles. The van der Waals surface area contributed by atoms with Crippen LogP contribution in [0.25, 0.3) is 10.2 Å². The zero-order valence-electron chi connectivity index (χ0n) is 15.0. The summed E-state index contributed by atoms with van der Waals surface area (Å²) in [5.41, 5.74) is 1.62. The Morgan fingerprint density at radius 1 is 1.15 bits per heavy atom. The summed E-state index contributed by atoms with van der Waals surface area (Å²) in [5.74, 6) is 1.14. The molecule has 2 heterocycles. The molecule has 1 aromatic heterocycles. The largest absolute Gasteiger partial charge is 0.345 e. The molecule has 0 saturated carbocycles. The predicted octanol–water partition coefficient (Wildman–Crippen LogP) is 5.02. The van der Waals surface area contributed by atoms with Crippen molar-refractivity contribution in [2.75, 3.05) is 36.8 Å². The molecule has 140 valence electrons. The smallest absolute Gasteiger partial charge is 0.253 e. The molecule has 0 aliphatic carbocycles. The highest BCUT2D eigenvalue weighted by molar-refractivity contribution is 7.99. The fourth-order valence-corrected chi connectivity index (χ4v) is 5.16. The highest BCUT2D eigenvalue weighted by Crippen LogP contribution is 2.33. The van der Waals surface area contributed by atoms with Crippen LogP contribution in [0, 0.1) is 0 Å². The van der Waals surface area contributed by atoms with Crippen LogP contribution in [0.15, 0.2) is 47.4 Å².